The summed E-state index contributed by atoms with van der Waals surface area (Å²) >= 11 is 6.28. The molecule has 48 heavy (non-hydrogen) atoms. The molecule has 1 aromatic rings. The van der Waals surface area contributed by atoms with Gasteiger partial charge in [-0.05, 0) is 95.9 Å². The average molecular weight is 684 g/mol. The van der Waals surface area contributed by atoms with E-state index in [9.17, 15) is 9.59 Å². The van der Waals surface area contributed by atoms with Crippen LogP contribution < -0.4 is 0 Å². The maximum atomic E-state index is 15.0. The van der Waals surface area contributed by atoms with E-state index in [1.54, 1.807) is 0 Å². The Hall–Kier alpha value is -2.20. The van der Waals surface area contributed by atoms with Crippen molar-refractivity contribution in [1.29, 1.82) is 0 Å². The summed E-state index contributed by atoms with van der Waals surface area (Å²) in [6, 6.07) is 7.21. The average Bonchev–Trinajstić information content (AvgIpc) is 3.82. The van der Waals surface area contributed by atoms with Crippen molar-refractivity contribution < 1.29 is 19.1 Å². The molecule has 0 aromatic heterocycles. The van der Waals surface area contributed by atoms with Crippen molar-refractivity contribution in [3.8, 4) is 0 Å². The van der Waals surface area contributed by atoms with Crippen molar-refractivity contribution in [2.75, 3.05) is 59.5 Å². The summed E-state index contributed by atoms with van der Waals surface area (Å²) in [4.78, 5) is 54.4. The van der Waals surface area contributed by atoms with Crippen molar-refractivity contribution >= 4 is 29.3 Å². The molecule has 4 aliphatic heterocycles. The Morgan fingerprint density at radius 2 is 1.56 bits per heavy atom. The van der Waals surface area contributed by atoms with E-state index in [2.05, 4.69) is 56.4 Å². The molecule has 5 fully saturated rings. The first-order valence-electron chi connectivity index (χ1n) is 18.4. The summed E-state index contributed by atoms with van der Waals surface area (Å²) in [5.74, 6) is -0.198. The van der Waals surface area contributed by atoms with Crippen LogP contribution in [0.15, 0.2) is 24.3 Å². The molecular weight excluding hydrogens is 626 g/mol. The Balaban J connectivity index is 1.33. The van der Waals surface area contributed by atoms with Gasteiger partial charge < -0.3 is 24.3 Å². The maximum absolute atomic E-state index is 15.0. The third-order valence-corrected chi connectivity index (χ3v) is 12.4. The summed E-state index contributed by atoms with van der Waals surface area (Å²) < 4.78 is 5.97. The predicted molar refractivity (Wildman–Crippen MR) is 189 cm³/mol. The van der Waals surface area contributed by atoms with Crippen molar-refractivity contribution in [3.05, 3.63) is 34.9 Å². The van der Waals surface area contributed by atoms with E-state index in [4.69, 9.17) is 16.3 Å². The van der Waals surface area contributed by atoms with Crippen LogP contribution in [0, 0.1) is 11.3 Å². The van der Waals surface area contributed by atoms with Crippen LogP contribution in [0.5, 0.6) is 0 Å². The number of amides is 3. The molecule has 5 atom stereocenters. The first-order chi connectivity index (χ1) is 22.7. The van der Waals surface area contributed by atoms with Crippen molar-refractivity contribution in [2.45, 2.75) is 115 Å². The van der Waals surface area contributed by atoms with Crippen LogP contribution in [0.2, 0.25) is 5.02 Å². The largest absolute Gasteiger partial charge is 0.368 e. The minimum absolute atomic E-state index is 0.0161. The van der Waals surface area contributed by atoms with Crippen LogP contribution >= 0.6 is 11.6 Å². The number of likely N-dealkylation sites (tertiary alicyclic amines) is 2. The summed E-state index contributed by atoms with van der Waals surface area (Å²) in [7, 11) is 2.08. The third-order valence-electron chi connectivity index (χ3n) is 12.1. The Bertz CT molecular complexity index is 1310. The molecule has 4 heterocycles. The van der Waals surface area contributed by atoms with Gasteiger partial charge >= 0.3 is 0 Å². The molecule has 0 radical (unpaired) electrons. The summed E-state index contributed by atoms with van der Waals surface area (Å²) in [6.07, 6.45) is 5.67. The lowest BCUT2D eigenvalue weighted by atomic mass is 9.75. The van der Waals surface area contributed by atoms with E-state index in [1.165, 1.54) is 0 Å². The Morgan fingerprint density at radius 1 is 0.896 bits per heavy atom. The van der Waals surface area contributed by atoms with Crippen LogP contribution in [0.25, 0.3) is 0 Å². The molecule has 3 amide bonds. The second-order valence-electron chi connectivity index (χ2n) is 17.0. The highest BCUT2D eigenvalue weighted by molar-refractivity contribution is 6.30. The van der Waals surface area contributed by atoms with E-state index < -0.39 is 12.1 Å². The molecule has 0 unspecified atom stereocenters. The van der Waals surface area contributed by atoms with Crippen LogP contribution in [0.3, 0.4) is 0 Å². The molecular formula is C38H58ClN5O4. The number of rotatable bonds is 6. The van der Waals surface area contributed by atoms with Gasteiger partial charge in [-0.2, -0.15) is 0 Å². The minimum Gasteiger partial charge on any atom is -0.368 e. The maximum Gasteiger partial charge on any atom is 0.252 e. The number of likely N-dealkylation sites (N-methyl/N-ethyl adjacent to an activating group) is 1. The van der Waals surface area contributed by atoms with Gasteiger partial charge in [0.15, 0.2) is 0 Å². The van der Waals surface area contributed by atoms with Gasteiger partial charge in [0.2, 0.25) is 11.8 Å². The molecule has 4 saturated heterocycles. The predicted octanol–water partition coefficient (Wildman–Crippen LogP) is 4.87. The molecule has 6 rings (SSSR count). The number of hydrogen-bond acceptors (Lipinski definition) is 6. The fourth-order valence-corrected chi connectivity index (χ4v) is 8.98. The fraction of sp³-hybridized carbons (Fsp3) is 0.763. The lowest BCUT2D eigenvalue weighted by Gasteiger charge is -2.43. The van der Waals surface area contributed by atoms with Gasteiger partial charge in [0.25, 0.3) is 5.91 Å². The molecule has 0 bridgehead atoms. The first-order valence-corrected chi connectivity index (χ1v) is 18.8. The standard InChI is InChI=1S/C38H58ClN5O4/c1-37(2,3)42-24-30(26-9-11-27(39)12-10-26)31(25-42)34(45)43-23-29(22-32(43)35(46)41-19-17-40(6)18-20-41)44(36(47)33-8-7-21-48-33)28-13-15-38(4,5)16-14-28/h9-12,28-33H,7-8,13-25H2,1-6H3/t29-,30-,31-,32-,33-/m0/s1. The van der Waals surface area contributed by atoms with Crippen molar-refractivity contribution in [3.63, 3.8) is 0 Å². The fourth-order valence-electron chi connectivity index (χ4n) is 8.85. The number of carbonyl (C=O) groups excluding carboxylic acids is 3. The molecule has 266 valence electrons. The van der Waals surface area contributed by atoms with Crippen molar-refractivity contribution in [1.82, 2.24) is 24.5 Å². The second kappa shape index (κ2) is 14.2. The van der Waals surface area contributed by atoms with E-state index in [0.717, 1.165) is 63.7 Å². The number of halogens is 1. The summed E-state index contributed by atoms with van der Waals surface area (Å²) in [5.41, 5.74) is 1.24. The number of nitrogens with zero attached hydrogens (tertiary/aromatic N) is 5. The number of piperazine rings is 1. The first kappa shape index (κ1) is 35.6. The van der Waals surface area contributed by atoms with Gasteiger partial charge in [-0.3, -0.25) is 19.3 Å². The van der Waals surface area contributed by atoms with E-state index in [1.807, 2.05) is 34.1 Å². The van der Waals surface area contributed by atoms with Gasteiger partial charge in [0.1, 0.15) is 12.1 Å². The van der Waals surface area contributed by atoms with Gasteiger partial charge in [0.05, 0.1) is 12.0 Å². The quantitative estimate of drug-likeness (QED) is 0.426. The SMILES string of the molecule is CN1CCN(C(=O)[C@@H]2C[C@H](N(C(=O)[C@@H]3CCCO3)C3CCC(C)(C)CC3)CN2C(=O)[C@H]2CN(C(C)(C)C)C[C@H]2c2ccc(Cl)cc2)CC1. The monoisotopic (exact) mass is 683 g/mol. The van der Waals surface area contributed by atoms with E-state index >= 15 is 4.79 Å². The minimum atomic E-state index is -0.583. The Kier molecular flexibility index (Phi) is 10.5. The molecule has 0 N–H and O–H groups in total. The molecule has 1 aromatic carbocycles. The number of benzene rings is 1. The summed E-state index contributed by atoms with van der Waals surface area (Å²) in [6.45, 7) is 16.6. The second-order valence-corrected chi connectivity index (χ2v) is 17.4. The van der Waals surface area contributed by atoms with E-state index in [-0.39, 0.29) is 52.6 Å². The highest BCUT2D eigenvalue weighted by Gasteiger charge is 2.51. The lowest BCUT2D eigenvalue weighted by molar-refractivity contribution is -0.148. The molecule has 1 aliphatic carbocycles. The van der Waals surface area contributed by atoms with Crippen LogP contribution in [-0.4, -0.2) is 131 Å². The van der Waals surface area contributed by atoms with Gasteiger partial charge in [-0.1, -0.05) is 37.6 Å². The molecule has 1 saturated carbocycles. The van der Waals surface area contributed by atoms with Gasteiger partial charge in [0, 0.05) is 74.9 Å². The number of hydrogen-bond donors (Lipinski definition) is 0. The highest BCUT2D eigenvalue weighted by Crippen LogP contribution is 2.42. The molecule has 5 aliphatic rings. The molecule has 10 heteroatoms. The summed E-state index contributed by atoms with van der Waals surface area (Å²) in [5, 5.41) is 0.676. The zero-order chi connectivity index (χ0) is 34.4. The normalized spacial score (nSPS) is 30.6. The van der Waals surface area contributed by atoms with Gasteiger partial charge in [-0.15, -0.1) is 0 Å². The van der Waals surface area contributed by atoms with Gasteiger partial charge in [-0.25, -0.2) is 0 Å². The molecule has 0 spiro atoms. The lowest BCUT2D eigenvalue weighted by Crippen LogP contribution is -2.54. The number of carbonyl (C=O) groups is 3. The smallest absolute Gasteiger partial charge is 0.252 e. The van der Waals surface area contributed by atoms with Crippen LogP contribution in [-0.2, 0) is 19.1 Å². The Labute approximate surface area is 293 Å². The zero-order valence-electron chi connectivity index (χ0n) is 30.1. The van der Waals surface area contributed by atoms with Crippen LogP contribution in [0.1, 0.15) is 91.0 Å². The van der Waals surface area contributed by atoms with Crippen molar-refractivity contribution in [2.24, 2.45) is 11.3 Å². The van der Waals surface area contributed by atoms with E-state index in [0.29, 0.717) is 44.2 Å². The highest BCUT2D eigenvalue weighted by atomic mass is 35.5. The molecule has 9 nitrogen and oxygen atoms in total. The Morgan fingerprint density at radius 3 is 2.17 bits per heavy atom. The van der Waals surface area contributed by atoms with Crippen LogP contribution in [0.4, 0.5) is 0 Å². The number of ether oxygens (including phenoxy) is 1. The third kappa shape index (κ3) is 7.59. The topological polar surface area (TPSA) is 76.6 Å². The zero-order valence-corrected chi connectivity index (χ0v) is 30.9.